The van der Waals surface area contributed by atoms with Gasteiger partial charge in [-0.3, -0.25) is 0 Å². The van der Waals surface area contributed by atoms with Crippen molar-refractivity contribution in [1.29, 1.82) is 0 Å². The van der Waals surface area contributed by atoms with Gasteiger partial charge < -0.3 is 15.7 Å². The van der Waals surface area contributed by atoms with Crippen molar-refractivity contribution in [2.24, 2.45) is 10.9 Å². The van der Waals surface area contributed by atoms with Crippen LogP contribution in [0.1, 0.15) is 16.8 Å². The first-order chi connectivity index (χ1) is 10.1. The van der Waals surface area contributed by atoms with Crippen LogP contribution in [0.2, 0.25) is 0 Å². The lowest BCUT2D eigenvalue weighted by Crippen LogP contribution is -2.18. The number of oxime groups is 1. The molecule has 7 heteroatoms. The maximum Gasteiger partial charge on any atom is 0.173 e. The zero-order valence-electron chi connectivity index (χ0n) is 12.0. The van der Waals surface area contributed by atoms with E-state index >= 15 is 0 Å². The molecule has 1 aromatic heterocycles. The highest BCUT2D eigenvalue weighted by molar-refractivity contribution is 7.99. The van der Waals surface area contributed by atoms with Crippen molar-refractivity contribution in [1.82, 2.24) is 10.2 Å². The minimum Gasteiger partial charge on any atom is -0.497 e. The molecule has 2 rings (SSSR count). The van der Waals surface area contributed by atoms with E-state index < -0.39 is 0 Å². The second-order valence-electron chi connectivity index (χ2n) is 4.36. The summed E-state index contributed by atoms with van der Waals surface area (Å²) >= 11 is 1.38. The van der Waals surface area contributed by atoms with Crippen LogP contribution in [-0.2, 0) is 0 Å². The molecular weight excluding hydrogens is 288 g/mol. The van der Waals surface area contributed by atoms with Crippen LogP contribution in [0, 0.1) is 13.8 Å². The standard InChI is InChI=1S/C14H16N4O2S/c1-8-9(2)16-17-14(12(8)13(15)18-19)21-11-6-4-5-10(7-11)20-3/h4-7,19H,1-3H3,(H2,15,18). The van der Waals surface area contributed by atoms with Crippen LogP contribution < -0.4 is 10.5 Å². The number of ether oxygens (including phenoxy) is 1. The lowest BCUT2D eigenvalue weighted by Gasteiger charge is -2.11. The lowest BCUT2D eigenvalue weighted by atomic mass is 10.1. The molecule has 0 unspecified atom stereocenters. The highest BCUT2D eigenvalue weighted by atomic mass is 32.2. The fourth-order valence-electron chi connectivity index (χ4n) is 1.79. The number of nitrogens with two attached hydrogens (primary N) is 1. The van der Waals surface area contributed by atoms with E-state index in [0.717, 1.165) is 21.9 Å². The van der Waals surface area contributed by atoms with Gasteiger partial charge >= 0.3 is 0 Å². The molecule has 0 saturated carbocycles. The molecule has 0 radical (unpaired) electrons. The first kappa shape index (κ1) is 15.1. The average molecular weight is 304 g/mol. The summed E-state index contributed by atoms with van der Waals surface area (Å²) in [5, 5.41) is 20.9. The molecule has 3 N–H and O–H groups in total. The van der Waals surface area contributed by atoms with Gasteiger partial charge in [0.25, 0.3) is 0 Å². The maximum absolute atomic E-state index is 8.96. The molecule has 0 fully saturated rings. The van der Waals surface area contributed by atoms with Crippen LogP contribution in [0.4, 0.5) is 0 Å². The summed E-state index contributed by atoms with van der Waals surface area (Å²) in [5.74, 6) is 0.776. The minimum absolute atomic E-state index is 0.0240. The molecule has 0 bridgehead atoms. The molecule has 110 valence electrons. The number of hydrogen-bond acceptors (Lipinski definition) is 6. The molecule has 0 saturated heterocycles. The Morgan fingerprint density at radius 2 is 2.10 bits per heavy atom. The number of benzene rings is 1. The van der Waals surface area contributed by atoms with Gasteiger partial charge in [-0.05, 0) is 37.6 Å². The van der Waals surface area contributed by atoms with Crippen molar-refractivity contribution in [3.8, 4) is 5.75 Å². The van der Waals surface area contributed by atoms with Crippen LogP contribution >= 0.6 is 11.8 Å². The summed E-state index contributed by atoms with van der Waals surface area (Å²) in [5.41, 5.74) is 7.94. The Balaban J connectivity index is 2.46. The number of aromatic nitrogens is 2. The van der Waals surface area contributed by atoms with E-state index in [1.165, 1.54) is 11.8 Å². The second kappa shape index (κ2) is 6.45. The summed E-state index contributed by atoms with van der Waals surface area (Å²) in [7, 11) is 1.61. The highest BCUT2D eigenvalue weighted by Gasteiger charge is 2.16. The number of hydrogen-bond donors (Lipinski definition) is 2. The zero-order chi connectivity index (χ0) is 15.4. The summed E-state index contributed by atoms with van der Waals surface area (Å²) in [6.45, 7) is 3.70. The van der Waals surface area contributed by atoms with E-state index in [4.69, 9.17) is 15.7 Å². The van der Waals surface area contributed by atoms with Gasteiger partial charge in [0.1, 0.15) is 10.8 Å². The van der Waals surface area contributed by atoms with E-state index in [1.54, 1.807) is 7.11 Å². The highest BCUT2D eigenvalue weighted by Crippen LogP contribution is 2.32. The molecule has 0 spiro atoms. The van der Waals surface area contributed by atoms with Gasteiger partial charge in [0.15, 0.2) is 5.84 Å². The quantitative estimate of drug-likeness (QED) is 0.390. The summed E-state index contributed by atoms with van der Waals surface area (Å²) in [6.07, 6.45) is 0. The smallest absolute Gasteiger partial charge is 0.173 e. The molecule has 0 atom stereocenters. The summed E-state index contributed by atoms with van der Waals surface area (Å²) < 4.78 is 5.20. The third-order valence-corrected chi connectivity index (χ3v) is 4.01. The summed E-state index contributed by atoms with van der Waals surface area (Å²) in [4.78, 5) is 0.930. The van der Waals surface area contributed by atoms with Gasteiger partial charge in [-0.1, -0.05) is 23.0 Å². The van der Waals surface area contributed by atoms with E-state index in [1.807, 2.05) is 38.1 Å². The molecule has 0 amide bonds. The minimum atomic E-state index is 0.0240. The Kier molecular flexibility index (Phi) is 4.64. The molecule has 2 aromatic rings. The Bertz CT molecular complexity index is 689. The van der Waals surface area contributed by atoms with Crippen LogP contribution in [0.5, 0.6) is 5.75 Å². The van der Waals surface area contributed by atoms with Crippen LogP contribution in [0.15, 0.2) is 39.3 Å². The average Bonchev–Trinajstić information content (AvgIpc) is 2.51. The normalized spacial score (nSPS) is 11.5. The second-order valence-corrected chi connectivity index (χ2v) is 5.42. The van der Waals surface area contributed by atoms with Gasteiger partial charge in [-0.25, -0.2) is 0 Å². The Morgan fingerprint density at radius 3 is 2.76 bits per heavy atom. The topological polar surface area (TPSA) is 93.6 Å². The van der Waals surface area contributed by atoms with E-state index in [2.05, 4.69) is 15.4 Å². The largest absolute Gasteiger partial charge is 0.497 e. The van der Waals surface area contributed by atoms with Crippen LogP contribution in [0.25, 0.3) is 0 Å². The maximum atomic E-state index is 8.96. The number of nitrogens with zero attached hydrogens (tertiary/aromatic N) is 3. The number of amidine groups is 1. The van der Waals surface area contributed by atoms with Crippen molar-refractivity contribution in [3.63, 3.8) is 0 Å². The first-order valence-electron chi connectivity index (χ1n) is 6.20. The monoisotopic (exact) mass is 304 g/mol. The SMILES string of the molecule is COc1cccc(Sc2nnc(C)c(C)c2C(N)=NO)c1. The van der Waals surface area contributed by atoms with Crippen molar-refractivity contribution in [2.45, 2.75) is 23.8 Å². The number of aryl methyl sites for hydroxylation is 1. The number of methoxy groups -OCH3 is 1. The Labute approximate surface area is 127 Å². The first-order valence-corrected chi connectivity index (χ1v) is 7.02. The van der Waals surface area contributed by atoms with E-state index in [0.29, 0.717) is 10.6 Å². The van der Waals surface area contributed by atoms with Crippen LogP contribution in [-0.4, -0.2) is 28.4 Å². The van der Waals surface area contributed by atoms with Gasteiger partial charge in [0.05, 0.1) is 18.4 Å². The summed E-state index contributed by atoms with van der Waals surface area (Å²) in [6, 6.07) is 7.57. The Hall–Kier alpha value is -2.28. The third kappa shape index (κ3) is 3.25. The Morgan fingerprint density at radius 1 is 1.33 bits per heavy atom. The molecule has 1 aromatic carbocycles. The molecule has 1 heterocycles. The van der Waals surface area contributed by atoms with Crippen molar-refractivity contribution < 1.29 is 9.94 Å². The van der Waals surface area contributed by atoms with Gasteiger partial charge in [0.2, 0.25) is 0 Å². The van der Waals surface area contributed by atoms with Gasteiger partial charge in [-0.2, -0.15) is 5.10 Å². The van der Waals surface area contributed by atoms with Gasteiger partial charge in [-0.15, -0.1) is 5.10 Å². The zero-order valence-corrected chi connectivity index (χ0v) is 12.8. The molecule has 0 aliphatic heterocycles. The lowest BCUT2D eigenvalue weighted by molar-refractivity contribution is 0.318. The predicted octanol–water partition coefficient (Wildman–Crippen LogP) is 2.35. The predicted molar refractivity (Wildman–Crippen MR) is 81.1 cm³/mol. The van der Waals surface area contributed by atoms with Crippen molar-refractivity contribution in [3.05, 3.63) is 41.1 Å². The van der Waals surface area contributed by atoms with E-state index in [9.17, 15) is 0 Å². The third-order valence-electron chi connectivity index (χ3n) is 3.04. The van der Waals surface area contributed by atoms with Crippen LogP contribution in [0.3, 0.4) is 0 Å². The fourth-order valence-corrected chi connectivity index (χ4v) is 2.77. The van der Waals surface area contributed by atoms with Gasteiger partial charge in [0, 0.05) is 4.90 Å². The molecule has 0 aliphatic carbocycles. The van der Waals surface area contributed by atoms with Crippen molar-refractivity contribution in [2.75, 3.05) is 7.11 Å². The molecule has 21 heavy (non-hydrogen) atoms. The van der Waals surface area contributed by atoms with E-state index in [-0.39, 0.29) is 5.84 Å². The molecule has 6 nitrogen and oxygen atoms in total. The number of rotatable bonds is 4. The molecule has 0 aliphatic rings. The molecular formula is C14H16N4O2S. The van der Waals surface area contributed by atoms with Crippen molar-refractivity contribution >= 4 is 17.6 Å². The fraction of sp³-hybridized carbons (Fsp3) is 0.214.